The van der Waals surface area contributed by atoms with Gasteiger partial charge in [0.05, 0.1) is 6.04 Å². The number of hydrogen-bond acceptors (Lipinski definition) is 3. The molecule has 0 aliphatic rings. The first kappa shape index (κ1) is 15.1. The lowest BCUT2D eigenvalue weighted by Crippen LogP contribution is -2.23. The highest BCUT2D eigenvalue weighted by atomic mass is 79.9. The lowest BCUT2D eigenvalue weighted by molar-refractivity contribution is 0.594. The van der Waals surface area contributed by atoms with Crippen molar-refractivity contribution in [2.45, 2.75) is 33.2 Å². The Labute approximate surface area is 129 Å². The highest BCUT2D eigenvalue weighted by Gasteiger charge is 2.15. The third-order valence-electron chi connectivity index (χ3n) is 3.30. The molecule has 0 bridgehead atoms. The number of hydrogen-bond donors (Lipinski definition) is 1. The molecule has 20 heavy (non-hydrogen) atoms. The maximum Gasteiger partial charge on any atom is 0.115 e. The predicted molar refractivity (Wildman–Crippen MR) is 85.8 cm³/mol. The summed E-state index contributed by atoms with van der Waals surface area (Å²) >= 11 is 3.63. The second kappa shape index (κ2) is 6.95. The van der Waals surface area contributed by atoms with Crippen molar-refractivity contribution in [1.29, 1.82) is 0 Å². The van der Waals surface area contributed by atoms with E-state index in [0.717, 1.165) is 18.5 Å². The molecule has 3 nitrogen and oxygen atoms in total. The average Bonchev–Trinajstić information content (AvgIpc) is 2.46. The Morgan fingerprint density at radius 2 is 1.70 bits per heavy atom. The number of rotatable bonds is 5. The molecule has 1 heterocycles. The Morgan fingerprint density at radius 1 is 1.10 bits per heavy atom. The van der Waals surface area contributed by atoms with Gasteiger partial charge in [-0.1, -0.05) is 35.0 Å². The van der Waals surface area contributed by atoms with Crippen molar-refractivity contribution in [1.82, 2.24) is 15.3 Å². The van der Waals surface area contributed by atoms with Gasteiger partial charge in [-0.25, -0.2) is 9.97 Å². The van der Waals surface area contributed by atoms with Crippen molar-refractivity contribution in [2.24, 2.45) is 0 Å². The van der Waals surface area contributed by atoms with Gasteiger partial charge in [0.2, 0.25) is 0 Å². The third-order valence-corrected chi connectivity index (χ3v) is 4.56. The molecule has 1 unspecified atom stereocenters. The van der Waals surface area contributed by atoms with E-state index in [9.17, 15) is 0 Å². The molecule has 1 N–H and O–H groups in total. The van der Waals surface area contributed by atoms with Crippen LogP contribution in [-0.4, -0.2) is 16.5 Å². The fraction of sp³-hybridized carbons (Fsp3) is 0.375. The number of aromatic nitrogens is 2. The first-order chi connectivity index (χ1) is 9.63. The molecule has 0 amide bonds. The third kappa shape index (κ3) is 3.44. The van der Waals surface area contributed by atoms with Crippen molar-refractivity contribution in [2.75, 3.05) is 6.54 Å². The maximum atomic E-state index is 4.14. The van der Waals surface area contributed by atoms with E-state index in [-0.39, 0.29) is 6.04 Å². The second-order valence-corrected chi connectivity index (χ2v) is 5.82. The fourth-order valence-corrected chi connectivity index (χ4v) is 2.55. The van der Waals surface area contributed by atoms with Gasteiger partial charge in [-0.05, 0) is 43.5 Å². The molecular formula is C16H20BrN3. The lowest BCUT2D eigenvalue weighted by atomic mass is 9.97. The summed E-state index contributed by atoms with van der Waals surface area (Å²) in [5, 5.41) is 3.58. The fourth-order valence-electron chi connectivity index (χ4n) is 2.32. The number of nitrogens with zero attached hydrogens (tertiary/aromatic N) is 2. The van der Waals surface area contributed by atoms with E-state index in [4.69, 9.17) is 0 Å². The van der Waals surface area contributed by atoms with Gasteiger partial charge in [-0.2, -0.15) is 0 Å². The van der Waals surface area contributed by atoms with Gasteiger partial charge in [-0.15, -0.1) is 0 Å². The van der Waals surface area contributed by atoms with Gasteiger partial charge in [-0.3, -0.25) is 0 Å². The van der Waals surface area contributed by atoms with Gasteiger partial charge in [0.15, 0.2) is 0 Å². The van der Waals surface area contributed by atoms with Crippen molar-refractivity contribution in [3.8, 4) is 0 Å². The molecule has 0 aliphatic heterocycles. The molecule has 106 valence electrons. The molecule has 0 saturated heterocycles. The number of nitrogens with one attached hydrogen (secondary N) is 1. The zero-order valence-electron chi connectivity index (χ0n) is 12.2. The lowest BCUT2D eigenvalue weighted by Gasteiger charge is -2.20. The van der Waals surface area contributed by atoms with Crippen LogP contribution in [0.2, 0.25) is 0 Å². The zero-order valence-corrected chi connectivity index (χ0v) is 13.7. The summed E-state index contributed by atoms with van der Waals surface area (Å²) in [5.41, 5.74) is 4.86. The second-order valence-electron chi connectivity index (χ2n) is 5.03. The molecular weight excluding hydrogens is 314 g/mol. The topological polar surface area (TPSA) is 37.8 Å². The highest BCUT2D eigenvalue weighted by molar-refractivity contribution is 9.10. The molecule has 1 aromatic heterocycles. The summed E-state index contributed by atoms with van der Waals surface area (Å²) in [7, 11) is 0. The van der Waals surface area contributed by atoms with Gasteiger partial charge in [0, 0.05) is 22.4 Å². The summed E-state index contributed by atoms with van der Waals surface area (Å²) in [6, 6.07) is 4.58. The molecule has 1 atom stereocenters. The normalized spacial score (nSPS) is 12.4. The molecule has 0 spiro atoms. The van der Waals surface area contributed by atoms with Crippen LogP contribution in [0.3, 0.4) is 0 Å². The van der Waals surface area contributed by atoms with Crippen LogP contribution in [0.15, 0.2) is 35.3 Å². The van der Waals surface area contributed by atoms with Crippen molar-refractivity contribution < 1.29 is 0 Å². The summed E-state index contributed by atoms with van der Waals surface area (Å²) < 4.78 is 1.18. The van der Waals surface area contributed by atoms with Crippen LogP contribution in [-0.2, 0) is 0 Å². The number of benzene rings is 1. The predicted octanol–water partition coefficient (Wildman–Crippen LogP) is 3.94. The Hall–Kier alpha value is -1.26. The van der Waals surface area contributed by atoms with E-state index in [0.29, 0.717) is 0 Å². The first-order valence-corrected chi connectivity index (χ1v) is 7.67. The van der Waals surface area contributed by atoms with Crippen LogP contribution in [0, 0.1) is 13.8 Å². The minimum Gasteiger partial charge on any atom is -0.306 e. The van der Waals surface area contributed by atoms with E-state index in [2.05, 4.69) is 64.1 Å². The van der Waals surface area contributed by atoms with Crippen LogP contribution in [0.4, 0.5) is 0 Å². The van der Waals surface area contributed by atoms with Crippen LogP contribution in [0.25, 0.3) is 0 Å². The first-order valence-electron chi connectivity index (χ1n) is 6.88. The van der Waals surface area contributed by atoms with Crippen LogP contribution < -0.4 is 5.32 Å². The maximum absolute atomic E-state index is 4.14. The molecule has 1 aromatic carbocycles. The summed E-state index contributed by atoms with van der Waals surface area (Å²) in [6.07, 6.45) is 6.43. The van der Waals surface area contributed by atoms with Crippen LogP contribution >= 0.6 is 15.9 Å². The molecule has 0 saturated carbocycles. The monoisotopic (exact) mass is 333 g/mol. The van der Waals surface area contributed by atoms with Gasteiger partial charge < -0.3 is 5.32 Å². The Morgan fingerprint density at radius 3 is 2.25 bits per heavy atom. The SMILES string of the molecule is CCCNC(c1cncnc1)c1cc(C)c(Br)c(C)c1. The smallest absolute Gasteiger partial charge is 0.115 e. The van der Waals surface area contributed by atoms with Crippen molar-refractivity contribution in [3.05, 3.63) is 57.6 Å². The van der Waals surface area contributed by atoms with Crippen molar-refractivity contribution >= 4 is 15.9 Å². The molecule has 4 heteroatoms. The number of halogens is 1. The highest BCUT2D eigenvalue weighted by Crippen LogP contribution is 2.28. The Bertz CT molecular complexity index is 546. The van der Waals surface area contributed by atoms with Gasteiger partial charge in [0.1, 0.15) is 6.33 Å². The van der Waals surface area contributed by atoms with E-state index in [1.54, 1.807) is 6.33 Å². The minimum absolute atomic E-state index is 0.140. The standard InChI is InChI=1S/C16H20BrN3/c1-4-5-20-16(14-8-18-10-19-9-14)13-6-11(2)15(17)12(3)7-13/h6-10,16,20H,4-5H2,1-3H3. The van der Waals surface area contributed by atoms with Gasteiger partial charge >= 0.3 is 0 Å². The molecule has 0 fully saturated rings. The zero-order chi connectivity index (χ0) is 14.5. The summed E-state index contributed by atoms with van der Waals surface area (Å²) in [4.78, 5) is 8.28. The van der Waals surface area contributed by atoms with Crippen LogP contribution in [0.5, 0.6) is 0 Å². The molecule has 2 rings (SSSR count). The largest absolute Gasteiger partial charge is 0.306 e. The van der Waals surface area contributed by atoms with E-state index in [1.807, 2.05) is 12.4 Å². The average molecular weight is 334 g/mol. The van der Waals surface area contributed by atoms with Crippen molar-refractivity contribution in [3.63, 3.8) is 0 Å². The number of aryl methyl sites for hydroxylation is 2. The Balaban J connectivity index is 2.41. The quantitative estimate of drug-likeness (QED) is 0.900. The molecule has 0 radical (unpaired) electrons. The van der Waals surface area contributed by atoms with E-state index < -0.39 is 0 Å². The summed E-state index contributed by atoms with van der Waals surface area (Å²) in [6.45, 7) is 7.38. The molecule has 2 aromatic rings. The van der Waals surface area contributed by atoms with E-state index in [1.165, 1.54) is 21.2 Å². The summed E-state index contributed by atoms with van der Waals surface area (Å²) in [5.74, 6) is 0. The Kier molecular flexibility index (Phi) is 5.26. The van der Waals surface area contributed by atoms with E-state index >= 15 is 0 Å². The van der Waals surface area contributed by atoms with Crippen LogP contribution in [0.1, 0.15) is 41.6 Å². The molecule has 0 aliphatic carbocycles. The minimum atomic E-state index is 0.140. The van der Waals surface area contributed by atoms with Gasteiger partial charge in [0.25, 0.3) is 0 Å².